The average molecular weight is 340 g/mol. The van der Waals surface area contributed by atoms with Gasteiger partial charge in [0.15, 0.2) is 0 Å². The summed E-state index contributed by atoms with van der Waals surface area (Å²) < 4.78 is 19.4. The van der Waals surface area contributed by atoms with Crippen LogP contribution in [0.3, 0.4) is 0 Å². The maximum absolute atomic E-state index is 13.3. The van der Waals surface area contributed by atoms with E-state index in [1.165, 1.54) is 18.3 Å². The quantitative estimate of drug-likeness (QED) is 0.902. The molecule has 0 fully saturated rings. The highest BCUT2D eigenvalue weighted by Crippen LogP contribution is 2.24. The third-order valence-corrected chi connectivity index (χ3v) is 2.87. The number of nitrogens with zero attached hydrogens (tertiary/aromatic N) is 2. The molecule has 1 aromatic carbocycles. The van der Waals surface area contributed by atoms with Gasteiger partial charge in [0.1, 0.15) is 11.6 Å². The molecule has 2 rings (SSSR count). The lowest BCUT2D eigenvalue weighted by molar-refractivity contribution is 0.450. The molecule has 0 aliphatic heterocycles. The van der Waals surface area contributed by atoms with Crippen LogP contribution in [-0.2, 0) is 6.54 Å². The van der Waals surface area contributed by atoms with Crippen molar-refractivity contribution in [2.24, 2.45) is 0 Å². The Morgan fingerprint density at radius 1 is 1.30 bits per heavy atom. The molecule has 0 aliphatic carbocycles. The lowest BCUT2D eigenvalue weighted by atomic mass is 10.3. The second-order valence-electron chi connectivity index (χ2n) is 4.59. The first-order valence-corrected chi connectivity index (χ1v) is 7.00. The molecule has 2 aromatic rings. The SMILES string of the molecule is CC(C)NCc1cncc(Oc2cc(F)cc(Br)c2)n1. The maximum atomic E-state index is 13.3. The van der Waals surface area contributed by atoms with Gasteiger partial charge in [0.25, 0.3) is 0 Å². The zero-order valence-corrected chi connectivity index (χ0v) is 12.8. The van der Waals surface area contributed by atoms with Gasteiger partial charge < -0.3 is 10.1 Å². The van der Waals surface area contributed by atoms with Crippen LogP contribution in [0, 0.1) is 5.82 Å². The Morgan fingerprint density at radius 2 is 2.10 bits per heavy atom. The third kappa shape index (κ3) is 4.54. The fourth-order valence-electron chi connectivity index (χ4n) is 1.54. The zero-order chi connectivity index (χ0) is 14.5. The molecule has 1 aromatic heterocycles. The Kier molecular flexibility index (Phi) is 5.03. The summed E-state index contributed by atoms with van der Waals surface area (Å²) in [7, 11) is 0. The molecule has 0 aliphatic rings. The molecule has 0 bridgehead atoms. The number of ether oxygens (including phenoxy) is 1. The predicted octanol–water partition coefficient (Wildman–Crippen LogP) is 3.67. The predicted molar refractivity (Wildman–Crippen MR) is 78.2 cm³/mol. The number of hydrogen-bond acceptors (Lipinski definition) is 4. The minimum Gasteiger partial charge on any atom is -0.437 e. The van der Waals surface area contributed by atoms with Gasteiger partial charge in [-0.25, -0.2) is 9.37 Å². The Morgan fingerprint density at radius 3 is 2.80 bits per heavy atom. The minimum atomic E-state index is -0.375. The fourth-order valence-corrected chi connectivity index (χ4v) is 1.98. The van der Waals surface area contributed by atoms with E-state index in [4.69, 9.17) is 4.74 Å². The Hall–Kier alpha value is -1.53. The summed E-state index contributed by atoms with van der Waals surface area (Å²) >= 11 is 3.22. The van der Waals surface area contributed by atoms with E-state index in [0.717, 1.165) is 5.69 Å². The van der Waals surface area contributed by atoms with Gasteiger partial charge in [0, 0.05) is 29.3 Å². The average Bonchev–Trinajstić information content (AvgIpc) is 2.35. The zero-order valence-electron chi connectivity index (χ0n) is 11.2. The third-order valence-electron chi connectivity index (χ3n) is 2.41. The number of aromatic nitrogens is 2. The highest BCUT2D eigenvalue weighted by molar-refractivity contribution is 9.10. The number of benzene rings is 1. The molecule has 0 spiro atoms. The second-order valence-corrected chi connectivity index (χ2v) is 5.51. The molecule has 0 radical (unpaired) electrons. The van der Waals surface area contributed by atoms with Crippen molar-refractivity contribution in [1.82, 2.24) is 15.3 Å². The Labute approximate surface area is 125 Å². The van der Waals surface area contributed by atoms with E-state index < -0.39 is 0 Å². The first kappa shape index (κ1) is 14.9. The molecule has 0 amide bonds. The lowest BCUT2D eigenvalue weighted by Crippen LogP contribution is -2.22. The van der Waals surface area contributed by atoms with Crippen LogP contribution >= 0.6 is 15.9 Å². The van der Waals surface area contributed by atoms with Gasteiger partial charge in [-0.2, -0.15) is 0 Å². The topological polar surface area (TPSA) is 47.0 Å². The largest absolute Gasteiger partial charge is 0.437 e. The van der Waals surface area contributed by atoms with Crippen molar-refractivity contribution in [3.63, 3.8) is 0 Å². The standard InChI is InChI=1S/C14H15BrFN3O/c1-9(2)18-7-12-6-17-8-14(19-12)20-13-4-10(15)3-11(16)5-13/h3-6,8-9,18H,7H2,1-2H3. The van der Waals surface area contributed by atoms with E-state index in [9.17, 15) is 4.39 Å². The van der Waals surface area contributed by atoms with Crippen LogP contribution in [0.4, 0.5) is 4.39 Å². The van der Waals surface area contributed by atoms with E-state index in [2.05, 4.69) is 45.1 Å². The van der Waals surface area contributed by atoms with Gasteiger partial charge in [-0.05, 0) is 12.1 Å². The summed E-state index contributed by atoms with van der Waals surface area (Å²) in [5.41, 5.74) is 0.770. The van der Waals surface area contributed by atoms with E-state index in [1.807, 2.05) is 0 Å². The van der Waals surface area contributed by atoms with Crippen molar-refractivity contribution in [2.45, 2.75) is 26.4 Å². The van der Waals surface area contributed by atoms with E-state index in [0.29, 0.717) is 28.7 Å². The number of rotatable bonds is 5. The smallest absolute Gasteiger partial charge is 0.238 e. The normalized spacial score (nSPS) is 10.8. The van der Waals surface area contributed by atoms with Crippen LogP contribution in [0.1, 0.15) is 19.5 Å². The summed E-state index contributed by atoms with van der Waals surface area (Å²) in [6.45, 7) is 4.71. The molecule has 20 heavy (non-hydrogen) atoms. The van der Waals surface area contributed by atoms with Gasteiger partial charge in [-0.3, -0.25) is 4.98 Å². The summed E-state index contributed by atoms with van der Waals surface area (Å²) in [6.07, 6.45) is 3.17. The molecular formula is C14H15BrFN3O. The van der Waals surface area contributed by atoms with Crippen molar-refractivity contribution in [1.29, 1.82) is 0 Å². The fraction of sp³-hybridized carbons (Fsp3) is 0.286. The minimum absolute atomic E-state index is 0.338. The maximum Gasteiger partial charge on any atom is 0.238 e. The van der Waals surface area contributed by atoms with Gasteiger partial charge in [0.05, 0.1) is 11.9 Å². The van der Waals surface area contributed by atoms with Crippen LogP contribution in [0.25, 0.3) is 0 Å². The Balaban J connectivity index is 2.11. The van der Waals surface area contributed by atoms with Crippen LogP contribution < -0.4 is 10.1 Å². The van der Waals surface area contributed by atoms with Crippen LogP contribution in [-0.4, -0.2) is 16.0 Å². The molecule has 1 N–H and O–H groups in total. The number of halogens is 2. The Bertz CT molecular complexity index is 572. The summed E-state index contributed by atoms with van der Waals surface area (Å²) in [5, 5.41) is 3.25. The van der Waals surface area contributed by atoms with Gasteiger partial charge in [0.2, 0.25) is 5.88 Å². The van der Waals surface area contributed by atoms with Crippen molar-refractivity contribution in [3.05, 3.63) is 46.6 Å². The monoisotopic (exact) mass is 339 g/mol. The molecule has 0 saturated heterocycles. The molecule has 6 heteroatoms. The lowest BCUT2D eigenvalue weighted by Gasteiger charge is -2.09. The molecule has 0 atom stereocenters. The van der Waals surface area contributed by atoms with Crippen molar-refractivity contribution in [3.8, 4) is 11.6 Å². The summed E-state index contributed by atoms with van der Waals surface area (Å²) in [4.78, 5) is 8.38. The highest BCUT2D eigenvalue weighted by atomic mass is 79.9. The second kappa shape index (κ2) is 6.76. The highest BCUT2D eigenvalue weighted by Gasteiger charge is 2.05. The van der Waals surface area contributed by atoms with E-state index >= 15 is 0 Å². The van der Waals surface area contributed by atoms with Gasteiger partial charge >= 0.3 is 0 Å². The van der Waals surface area contributed by atoms with Crippen molar-refractivity contribution >= 4 is 15.9 Å². The molecular weight excluding hydrogens is 325 g/mol. The molecule has 4 nitrogen and oxygen atoms in total. The van der Waals surface area contributed by atoms with E-state index in [-0.39, 0.29) is 5.82 Å². The number of hydrogen-bond donors (Lipinski definition) is 1. The van der Waals surface area contributed by atoms with Crippen molar-refractivity contribution in [2.75, 3.05) is 0 Å². The molecule has 1 heterocycles. The van der Waals surface area contributed by atoms with Crippen LogP contribution in [0.15, 0.2) is 35.1 Å². The molecule has 0 saturated carbocycles. The van der Waals surface area contributed by atoms with Gasteiger partial charge in [-0.15, -0.1) is 0 Å². The summed E-state index contributed by atoms with van der Waals surface area (Å²) in [5.74, 6) is 0.339. The van der Waals surface area contributed by atoms with Crippen molar-refractivity contribution < 1.29 is 9.13 Å². The number of nitrogens with one attached hydrogen (secondary N) is 1. The first-order valence-electron chi connectivity index (χ1n) is 6.21. The molecule has 0 unspecified atom stereocenters. The summed E-state index contributed by atoms with van der Waals surface area (Å²) in [6, 6.07) is 4.69. The van der Waals surface area contributed by atoms with Crippen LogP contribution in [0.2, 0.25) is 0 Å². The molecule has 106 valence electrons. The first-order chi connectivity index (χ1) is 9.52. The van der Waals surface area contributed by atoms with E-state index in [1.54, 1.807) is 12.3 Å². The van der Waals surface area contributed by atoms with Crippen LogP contribution in [0.5, 0.6) is 11.6 Å². The van der Waals surface area contributed by atoms with Gasteiger partial charge in [-0.1, -0.05) is 29.8 Å².